The molecule has 0 radical (unpaired) electrons. The molecule has 50 valence electrons. The van der Waals surface area contributed by atoms with Gasteiger partial charge >= 0.3 is 0 Å². The van der Waals surface area contributed by atoms with Gasteiger partial charge < -0.3 is 0 Å². The highest BCUT2D eigenvalue weighted by Crippen LogP contribution is 1.88. The molecule has 0 saturated heterocycles. The van der Waals surface area contributed by atoms with Crippen molar-refractivity contribution >= 4 is 6.21 Å². The van der Waals surface area contributed by atoms with Crippen molar-refractivity contribution in [1.82, 2.24) is 0 Å². The maximum atomic E-state index is 3.97. The molecule has 0 aliphatic heterocycles. The first kappa shape index (κ1) is 8.15. The molecule has 0 aliphatic rings. The van der Waals surface area contributed by atoms with Crippen molar-refractivity contribution in [2.24, 2.45) is 4.99 Å². The molecule has 0 unspecified atom stereocenters. The van der Waals surface area contributed by atoms with Crippen molar-refractivity contribution in [3.8, 4) is 0 Å². The Bertz CT molecular complexity index is 148. The standard InChI is InChI=1S/C8H13N/c1-7(2)5-6-9-8(3)4/h5-6H,3H2,1-2,4H3. The molecule has 0 fully saturated rings. The average Bonchev–Trinajstić information content (AvgIpc) is 1.63. The molecule has 1 heteroatoms. The Hall–Kier alpha value is -0.850. The van der Waals surface area contributed by atoms with E-state index in [1.807, 2.05) is 26.8 Å². The first-order valence-electron chi connectivity index (χ1n) is 2.96. The zero-order valence-corrected chi connectivity index (χ0v) is 6.31. The fourth-order valence-corrected chi connectivity index (χ4v) is 0.314. The molecule has 1 nitrogen and oxygen atoms in total. The van der Waals surface area contributed by atoms with Gasteiger partial charge in [0.2, 0.25) is 0 Å². The van der Waals surface area contributed by atoms with Gasteiger partial charge in [-0.25, -0.2) is 0 Å². The molecule has 0 aromatic rings. The zero-order valence-electron chi connectivity index (χ0n) is 6.31. The van der Waals surface area contributed by atoms with E-state index in [-0.39, 0.29) is 0 Å². The third kappa shape index (κ3) is 7.15. The number of hydrogen-bond donors (Lipinski definition) is 0. The molecule has 0 heterocycles. The van der Waals surface area contributed by atoms with Gasteiger partial charge in [-0.1, -0.05) is 12.2 Å². The van der Waals surface area contributed by atoms with E-state index in [9.17, 15) is 0 Å². The highest BCUT2D eigenvalue weighted by atomic mass is 14.7. The second kappa shape index (κ2) is 4.07. The van der Waals surface area contributed by atoms with Gasteiger partial charge in [0.05, 0.1) is 0 Å². The summed E-state index contributed by atoms with van der Waals surface area (Å²) in [6.07, 6.45) is 3.71. The Balaban J connectivity index is 3.74. The topological polar surface area (TPSA) is 12.4 Å². The summed E-state index contributed by atoms with van der Waals surface area (Å²) in [5.41, 5.74) is 2.09. The number of hydrogen-bond acceptors (Lipinski definition) is 1. The molecule has 9 heavy (non-hydrogen) atoms. The number of nitrogens with zero attached hydrogens (tertiary/aromatic N) is 1. The minimum atomic E-state index is 0.840. The van der Waals surface area contributed by atoms with Gasteiger partial charge in [-0.05, 0) is 26.8 Å². The predicted molar refractivity (Wildman–Crippen MR) is 42.7 cm³/mol. The van der Waals surface area contributed by atoms with Gasteiger partial charge in [-0.15, -0.1) is 0 Å². The van der Waals surface area contributed by atoms with E-state index in [0.717, 1.165) is 5.70 Å². The van der Waals surface area contributed by atoms with Crippen LogP contribution in [0.25, 0.3) is 0 Å². The average molecular weight is 123 g/mol. The SMILES string of the molecule is C=C(C)N=CC=C(C)C. The lowest BCUT2D eigenvalue weighted by molar-refractivity contribution is 1.34. The molecular weight excluding hydrogens is 110 g/mol. The molecule has 0 aliphatic carbocycles. The summed E-state index contributed by atoms with van der Waals surface area (Å²) in [6.45, 7) is 9.56. The van der Waals surface area contributed by atoms with Gasteiger partial charge in [0.25, 0.3) is 0 Å². The van der Waals surface area contributed by atoms with Crippen LogP contribution in [-0.2, 0) is 0 Å². The van der Waals surface area contributed by atoms with Crippen LogP contribution in [0.3, 0.4) is 0 Å². The smallest absolute Gasteiger partial charge is 0.0300 e. The van der Waals surface area contributed by atoms with Gasteiger partial charge in [0, 0.05) is 11.9 Å². The number of aliphatic imine (C=N–C) groups is 1. The lowest BCUT2D eigenvalue weighted by atomic mass is 10.3. The molecular formula is C8H13N. The van der Waals surface area contributed by atoms with Crippen molar-refractivity contribution in [1.29, 1.82) is 0 Å². The summed E-state index contributed by atoms with van der Waals surface area (Å²) in [5, 5.41) is 0. The van der Waals surface area contributed by atoms with Crippen LogP contribution in [0.5, 0.6) is 0 Å². The zero-order chi connectivity index (χ0) is 7.28. The van der Waals surface area contributed by atoms with Crippen LogP contribution in [-0.4, -0.2) is 6.21 Å². The van der Waals surface area contributed by atoms with E-state index in [4.69, 9.17) is 0 Å². The van der Waals surface area contributed by atoms with Crippen LogP contribution in [0.15, 0.2) is 28.9 Å². The maximum Gasteiger partial charge on any atom is 0.0300 e. The van der Waals surface area contributed by atoms with E-state index in [1.165, 1.54) is 5.57 Å². The molecule has 0 spiro atoms. The molecule has 0 bridgehead atoms. The van der Waals surface area contributed by atoms with E-state index >= 15 is 0 Å². The van der Waals surface area contributed by atoms with Crippen LogP contribution in [0.1, 0.15) is 20.8 Å². The molecule has 0 aromatic heterocycles. The van der Waals surface area contributed by atoms with E-state index in [1.54, 1.807) is 6.21 Å². The lowest BCUT2D eigenvalue weighted by Gasteiger charge is -1.83. The number of rotatable bonds is 2. The van der Waals surface area contributed by atoms with E-state index < -0.39 is 0 Å². The Labute approximate surface area is 56.8 Å². The highest BCUT2D eigenvalue weighted by molar-refractivity contribution is 5.72. The largest absolute Gasteiger partial charge is 0.262 e. The van der Waals surface area contributed by atoms with E-state index in [2.05, 4.69) is 11.6 Å². The molecule has 0 atom stereocenters. The summed E-state index contributed by atoms with van der Waals surface area (Å²) in [4.78, 5) is 3.97. The Morgan fingerprint density at radius 1 is 1.33 bits per heavy atom. The first-order valence-corrected chi connectivity index (χ1v) is 2.96. The molecule has 0 amide bonds. The fourth-order valence-electron chi connectivity index (χ4n) is 0.314. The van der Waals surface area contributed by atoms with Crippen LogP contribution in [0.4, 0.5) is 0 Å². The maximum absolute atomic E-state index is 3.97. The van der Waals surface area contributed by atoms with Gasteiger partial charge in [-0.3, -0.25) is 4.99 Å². The van der Waals surface area contributed by atoms with Gasteiger partial charge in [0.15, 0.2) is 0 Å². The van der Waals surface area contributed by atoms with Gasteiger partial charge in [0.1, 0.15) is 0 Å². The summed E-state index contributed by atoms with van der Waals surface area (Å²) in [6, 6.07) is 0. The normalized spacial score (nSPS) is 9.67. The van der Waals surface area contributed by atoms with Crippen LogP contribution < -0.4 is 0 Å². The summed E-state index contributed by atoms with van der Waals surface area (Å²) in [5.74, 6) is 0. The lowest BCUT2D eigenvalue weighted by Crippen LogP contribution is -1.69. The quantitative estimate of drug-likeness (QED) is 0.500. The predicted octanol–water partition coefficient (Wildman–Crippen LogP) is 2.56. The van der Waals surface area contributed by atoms with Gasteiger partial charge in [-0.2, -0.15) is 0 Å². The first-order chi connectivity index (χ1) is 4.13. The van der Waals surface area contributed by atoms with Crippen molar-refractivity contribution < 1.29 is 0 Å². The van der Waals surface area contributed by atoms with E-state index in [0.29, 0.717) is 0 Å². The van der Waals surface area contributed by atoms with Crippen molar-refractivity contribution in [2.45, 2.75) is 20.8 Å². The second-order valence-corrected chi connectivity index (χ2v) is 2.26. The third-order valence-electron chi connectivity index (χ3n) is 0.703. The Kier molecular flexibility index (Phi) is 3.69. The number of allylic oxidation sites excluding steroid dienone is 3. The van der Waals surface area contributed by atoms with Crippen LogP contribution in [0, 0.1) is 0 Å². The van der Waals surface area contributed by atoms with Crippen LogP contribution >= 0.6 is 0 Å². The molecule has 0 N–H and O–H groups in total. The molecule has 0 saturated carbocycles. The summed E-state index contributed by atoms with van der Waals surface area (Å²) in [7, 11) is 0. The minimum Gasteiger partial charge on any atom is -0.262 e. The monoisotopic (exact) mass is 123 g/mol. The molecule has 0 rings (SSSR count). The second-order valence-electron chi connectivity index (χ2n) is 2.26. The van der Waals surface area contributed by atoms with Crippen molar-refractivity contribution in [3.05, 3.63) is 23.9 Å². The van der Waals surface area contributed by atoms with Crippen LogP contribution in [0.2, 0.25) is 0 Å². The van der Waals surface area contributed by atoms with Crippen molar-refractivity contribution in [2.75, 3.05) is 0 Å². The minimum absolute atomic E-state index is 0.840. The van der Waals surface area contributed by atoms with Crippen molar-refractivity contribution in [3.63, 3.8) is 0 Å². The Morgan fingerprint density at radius 2 is 1.89 bits per heavy atom. The fraction of sp³-hybridized carbons (Fsp3) is 0.375. The summed E-state index contributed by atoms with van der Waals surface area (Å²) >= 11 is 0. The highest BCUT2D eigenvalue weighted by Gasteiger charge is 1.72. The summed E-state index contributed by atoms with van der Waals surface area (Å²) < 4.78 is 0. The third-order valence-corrected chi connectivity index (χ3v) is 0.703. The Morgan fingerprint density at radius 3 is 2.22 bits per heavy atom. The molecule has 0 aromatic carbocycles.